The Morgan fingerprint density at radius 1 is 1.29 bits per heavy atom. The van der Waals surface area contributed by atoms with E-state index in [9.17, 15) is 0 Å². The molecule has 1 saturated carbocycles. The molecule has 70 valence electrons. The van der Waals surface area contributed by atoms with Crippen LogP contribution >= 0.6 is 0 Å². The summed E-state index contributed by atoms with van der Waals surface area (Å²) in [6, 6.07) is 12.4. The molecule has 1 fully saturated rings. The molecule has 0 N–H and O–H groups in total. The van der Waals surface area contributed by atoms with Crippen LogP contribution in [-0.2, 0) is 0 Å². The smallest absolute Gasteiger partial charge is 0.0747 e. The molecule has 0 spiro atoms. The van der Waals surface area contributed by atoms with E-state index in [-0.39, 0.29) is 5.92 Å². The fourth-order valence-corrected chi connectivity index (χ4v) is 2.03. The predicted molar refractivity (Wildman–Crippen MR) is 56.7 cm³/mol. The Labute approximate surface area is 84.7 Å². The highest BCUT2D eigenvalue weighted by Crippen LogP contribution is 2.41. The summed E-state index contributed by atoms with van der Waals surface area (Å²) < 4.78 is 0. The average Bonchev–Trinajstić information content (AvgIpc) is 2.18. The topological polar surface area (TPSA) is 23.8 Å². The van der Waals surface area contributed by atoms with Gasteiger partial charge in [-0.05, 0) is 24.3 Å². The van der Waals surface area contributed by atoms with Crippen LogP contribution in [0.5, 0.6) is 0 Å². The molecule has 0 saturated heterocycles. The van der Waals surface area contributed by atoms with Crippen molar-refractivity contribution in [2.75, 3.05) is 0 Å². The maximum atomic E-state index is 9.12. The minimum Gasteiger partial charge on any atom is -0.198 e. The molecule has 0 bridgehead atoms. The molecule has 14 heavy (non-hydrogen) atoms. The monoisotopic (exact) mass is 183 g/mol. The summed E-state index contributed by atoms with van der Waals surface area (Å²) in [6.07, 6.45) is 2.04. The Morgan fingerprint density at radius 3 is 2.43 bits per heavy atom. The Hall–Kier alpha value is -1.55. The van der Waals surface area contributed by atoms with Crippen LogP contribution in [0.1, 0.15) is 24.3 Å². The van der Waals surface area contributed by atoms with E-state index in [1.54, 1.807) is 0 Å². The number of benzene rings is 1. The Balaban J connectivity index is 2.16. The van der Waals surface area contributed by atoms with Crippen molar-refractivity contribution in [2.24, 2.45) is 5.92 Å². The minimum absolute atomic E-state index is 0.0571. The molecule has 1 nitrogen and oxygen atoms in total. The lowest BCUT2D eigenvalue weighted by Gasteiger charge is -2.32. The van der Waals surface area contributed by atoms with Crippen molar-refractivity contribution in [1.29, 1.82) is 5.26 Å². The van der Waals surface area contributed by atoms with Crippen molar-refractivity contribution in [3.63, 3.8) is 0 Å². The summed E-state index contributed by atoms with van der Waals surface area (Å²) in [4.78, 5) is 0. The second-order valence-electron chi connectivity index (χ2n) is 3.94. The van der Waals surface area contributed by atoms with Gasteiger partial charge < -0.3 is 0 Å². The number of allylic oxidation sites excluding steroid dienone is 1. The predicted octanol–water partition coefficient (Wildman–Crippen LogP) is 3.26. The highest BCUT2D eigenvalue weighted by molar-refractivity contribution is 5.29. The molecule has 1 unspecified atom stereocenters. The van der Waals surface area contributed by atoms with E-state index in [1.807, 2.05) is 30.3 Å². The van der Waals surface area contributed by atoms with E-state index >= 15 is 0 Å². The summed E-state index contributed by atoms with van der Waals surface area (Å²) in [7, 11) is 0. The second kappa shape index (κ2) is 3.67. The highest BCUT2D eigenvalue weighted by Gasteiger charge is 2.30. The normalized spacial score (nSPS) is 18.4. The third kappa shape index (κ3) is 1.56. The first kappa shape index (κ1) is 9.02. The Morgan fingerprint density at radius 2 is 1.93 bits per heavy atom. The third-order valence-corrected chi connectivity index (χ3v) is 2.87. The van der Waals surface area contributed by atoms with Crippen LogP contribution in [-0.4, -0.2) is 0 Å². The fourth-order valence-electron chi connectivity index (χ4n) is 2.03. The third-order valence-electron chi connectivity index (χ3n) is 2.87. The van der Waals surface area contributed by atoms with E-state index in [0.29, 0.717) is 5.92 Å². The summed E-state index contributed by atoms with van der Waals surface area (Å²) in [5.74, 6) is 0.552. The van der Waals surface area contributed by atoms with Crippen molar-refractivity contribution in [3.8, 4) is 6.07 Å². The second-order valence-corrected chi connectivity index (χ2v) is 3.94. The lowest BCUT2D eigenvalue weighted by molar-refractivity contribution is 0.387. The van der Waals surface area contributed by atoms with Gasteiger partial charge in [0.05, 0.1) is 12.0 Å². The standard InChI is InChI=1S/C13H13N/c1-10-7-12(8-10)13(9-14)11-5-3-2-4-6-11/h2-6,12-13H,1,7-8H2. The van der Waals surface area contributed by atoms with Crippen molar-refractivity contribution >= 4 is 0 Å². The van der Waals surface area contributed by atoms with E-state index in [4.69, 9.17) is 5.26 Å². The molecular weight excluding hydrogens is 170 g/mol. The van der Waals surface area contributed by atoms with E-state index in [1.165, 1.54) is 5.57 Å². The van der Waals surface area contributed by atoms with Crippen LogP contribution in [0.25, 0.3) is 0 Å². The first-order chi connectivity index (χ1) is 6.81. The molecule has 0 amide bonds. The van der Waals surface area contributed by atoms with Crippen LogP contribution in [0.2, 0.25) is 0 Å². The van der Waals surface area contributed by atoms with Crippen LogP contribution in [0, 0.1) is 17.2 Å². The van der Waals surface area contributed by atoms with Crippen LogP contribution in [0.3, 0.4) is 0 Å². The number of nitriles is 1. The van der Waals surface area contributed by atoms with Crippen LogP contribution in [0.4, 0.5) is 0 Å². The molecule has 1 aliphatic rings. The maximum absolute atomic E-state index is 9.12. The molecular formula is C13H13N. The van der Waals surface area contributed by atoms with E-state index in [0.717, 1.165) is 18.4 Å². The van der Waals surface area contributed by atoms with Gasteiger partial charge in [0.1, 0.15) is 0 Å². The van der Waals surface area contributed by atoms with Crippen molar-refractivity contribution < 1.29 is 0 Å². The molecule has 2 rings (SSSR count). The Bertz CT molecular complexity index is 364. The summed E-state index contributed by atoms with van der Waals surface area (Å²) in [5.41, 5.74) is 2.43. The van der Waals surface area contributed by atoms with Crippen LogP contribution < -0.4 is 0 Å². The van der Waals surface area contributed by atoms with Gasteiger partial charge in [0.15, 0.2) is 0 Å². The lowest BCUT2D eigenvalue weighted by atomic mass is 9.71. The van der Waals surface area contributed by atoms with Gasteiger partial charge in [0.2, 0.25) is 0 Å². The molecule has 0 heterocycles. The fraction of sp³-hybridized carbons (Fsp3) is 0.308. The van der Waals surface area contributed by atoms with Gasteiger partial charge in [0.25, 0.3) is 0 Å². The SMILES string of the molecule is C=C1CC(C(C#N)c2ccccc2)C1. The van der Waals surface area contributed by atoms with Gasteiger partial charge in [0, 0.05) is 0 Å². The molecule has 0 aliphatic heterocycles. The van der Waals surface area contributed by atoms with Crippen LogP contribution in [0.15, 0.2) is 42.5 Å². The number of hydrogen-bond acceptors (Lipinski definition) is 1. The van der Waals surface area contributed by atoms with Gasteiger partial charge in [-0.15, -0.1) is 0 Å². The summed E-state index contributed by atoms with van der Waals surface area (Å²) in [6.45, 7) is 3.91. The molecule has 1 aromatic rings. The van der Waals surface area contributed by atoms with Crippen molar-refractivity contribution in [1.82, 2.24) is 0 Å². The molecule has 1 heteroatoms. The zero-order chi connectivity index (χ0) is 9.97. The number of rotatable bonds is 2. The highest BCUT2D eigenvalue weighted by atomic mass is 14.4. The lowest BCUT2D eigenvalue weighted by Crippen LogP contribution is -2.21. The van der Waals surface area contributed by atoms with Gasteiger partial charge in [-0.25, -0.2) is 0 Å². The molecule has 1 aliphatic carbocycles. The first-order valence-corrected chi connectivity index (χ1v) is 4.92. The zero-order valence-electron chi connectivity index (χ0n) is 8.11. The van der Waals surface area contributed by atoms with Gasteiger partial charge in [-0.2, -0.15) is 5.26 Å². The largest absolute Gasteiger partial charge is 0.198 e. The average molecular weight is 183 g/mol. The van der Waals surface area contributed by atoms with E-state index < -0.39 is 0 Å². The quantitative estimate of drug-likeness (QED) is 0.645. The molecule has 0 radical (unpaired) electrons. The zero-order valence-corrected chi connectivity index (χ0v) is 8.11. The molecule has 0 aromatic heterocycles. The van der Waals surface area contributed by atoms with E-state index in [2.05, 4.69) is 12.6 Å². The molecule has 1 atom stereocenters. The van der Waals surface area contributed by atoms with Gasteiger partial charge in [-0.1, -0.05) is 42.5 Å². The summed E-state index contributed by atoms with van der Waals surface area (Å²) >= 11 is 0. The maximum Gasteiger partial charge on any atom is 0.0747 e. The Kier molecular flexibility index (Phi) is 2.37. The molecule has 1 aromatic carbocycles. The summed E-state index contributed by atoms with van der Waals surface area (Å²) in [5, 5.41) is 9.12. The van der Waals surface area contributed by atoms with Crippen molar-refractivity contribution in [2.45, 2.75) is 18.8 Å². The van der Waals surface area contributed by atoms with Gasteiger partial charge in [-0.3, -0.25) is 0 Å². The number of nitrogens with zero attached hydrogens (tertiary/aromatic N) is 1. The number of hydrogen-bond donors (Lipinski definition) is 0. The first-order valence-electron chi connectivity index (χ1n) is 4.92. The minimum atomic E-state index is 0.0571. The van der Waals surface area contributed by atoms with Crippen molar-refractivity contribution in [3.05, 3.63) is 48.0 Å². The van der Waals surface area contributed by atoms with Gasteiger partial charge >= 0.3 is 0 Å².